The average Bonchev–Trinajstić information content (AvgIpc) is 3.09. The largest absolute Gasteiger partial charge is 0.383 e. The molecule has 21 heavy (non-hydrogen) atoms. The summed E-state index contributed by atoms with van der Waals surface area (Å²) in [5, 5.41) is 6.60. The predicted molar refractivity (Wildman–Crippen MR) is 82.8 cm³/mol. The van der Waals surface area contributed by atoms with Crippen LogP contribution in [0.5, 0.6) is 0 Å². The molecule has 2 heterocycles. The predicted octanol–water partition coefficient (Wildman–Crippen LogP) is 0.940. The molecule has 1 unspecified atom stereocenters. The SMILES string of the molecule is COCCNc1nc(N)c(C(=O)NCCC2CCOC2)s1. The Hall–Kier alpha value is -1.38. The van der Waals surface area contributed by atoms with Crippen LogP contribution in [0.15, 0.2) is 0 Å². The first kappa shape index (κ1) is 16.0. The normalized spacial score (nSPS) is 17.9. The molecule has 118 valence electrons. The number of carbonyl (C=O) groups is 1. The van der Waals surface area contributed by atoms with Crippen LogP contribution in [0.25, 0.3) is 0 Å². The van der Waals surface area contributed by atoms with E-state index < -0.39 is 0 Å². The summed E-state index contributed by atoms with van der Waals surface area (Å²) in [5.74, 6) is 0.653. The van der Waals surface area contributed by atoms with Crippen LogP contribution in [0.2, 0.25) is 0 Å². The molecule has 7 nitrogen and oxygen atoms in total. The molecule has 2 rings (SSSR count). The van der Waals surface area contributed by atoms with Crippen LogP contribution in [-0.4, -0.2) is 50.9 Å². The number of hydrogen-bond donors (Lipinski definition) is 3. The molecule has 0 saturated carbocycles. The van der Waals surface area contributed by atoms with Gasteiger partial charge >= 0.3 is 0 Å². The Morgan fingerprint density at radius 2 is 2.43 bits per heavy atom. The van der Waals surface area contributed by atoms with Gasteiger partial charge in [0.2, 0.25) is 0 Å². The maximum Gasteiger partial charge on any atom is 0.265 e. The van der Waals surface area contributed by atoms with Crippen LogP contribution < -0.4 is 16.4 Å². The minimum atomic E-state index is -0.163. The van der Waals surface area contributed by atoms with Crippen LogP contribution in [0.4, 0.5) is 10.9 Å². The number of methoxy groups -OCH3 is 1. The zero-order chi connectivity index (χ0) is 15.1. The Labute approximate surface area is 128 Å². The molecule has 1 aromatic heterocycles. The van der Waals surface area contributed by atoms with Crippen LogP contribution in [0, 0.1) is 5.92 Å². The lowest BCUT2D eigenvalue weighted by atomic mass is 10.1. The minimum absolute atomic E-state index is 0.163. The maximum absolute atomic E-state index is 12.1. The summed E-state index contributed by atoms with van der Waals surface area (Å²) in [4.78, 5) is 16.7. The quantitative estimate of drug-likeness (QED) is 0.618. The molecule has 0 radical (unpaired) electrons. The van der Waals surface area contributed by atoms with E-state index in [9.17, 15) is 4.79 Å². The number of nitrogens with two attached hydrogens (primary N) is 1. The monoisotopic (exact) mass is 314 g/mol. The van der Waals surface area contributed by atoms with Crippen LogP contribution in [0.3, 0.4) is 0 Å². The molecule has 0 bridgehead atoms. The van der Waals surface area contributed by atoms with E-state index in [1.807, 2.05) is 0 Å². The van der Waals surface area contributed by atoms with Gasteiger partial charge in [0.05, 0.1) is 6.61 Å². The molecule has 4 N–H and O–H groups in total. The van der Waals surface area contributed by atoms with Gasteiger partial charge < -0.3 is 25.8 Å². The minimum Gasteiger partial charge on any atom is -0.383 e. The summed E-state index contributed by atoms with van der Waals surface area (Å²) in [6, 6.07) is 0. The van der Waals surface area contributed by atoms with Gasteiger partial charge in [-0.25, -0.2) is 4.98 Å². The summed E-state index contributed by atoms with van der Waals surface area (Å²) in [6.07, 6.45) is 2.01. The van der Waals surface area contributed by atoms with Crippen LogP contribution >= 0.6 is 11.3 Å². The van der Waals surface area contributed by atoms with Crippen molar-refractivity contribution < 1.29 is 14.3 Å². The Morgan fingerprint density at radius 3 is 3.14 bits per heavy atom. The lowest BCUT2D eigenvalue weighted by Crippen LogP contribution is -2.26. The molecule has 0 spiro atoms. The van der Waals surface area contributed by atoms with E-state index in [4.69, 9.17) is 15.2 Å². The van der Waals surface area contributed by atoms with Crippen molar-refractivity contribution in [2.24, 2.45) is 5.92 Å². The van der Waals surface area contributed by atoms with Crippen molar-refractivity contribution in [1.29, 1.82) is 0 Å². The molecule has 1 aliphatic rings. The summed E-state index contributed by atoms with van der Waals surface area (Å²) in [7, 11) is 1.63. The number of carbonyl (C=O) groups excluding carboxylic acids is 1. The summed E-state index contributed by atoms with van der Waals surface area (Å²) < 4.78 is 10.3. The molecule has 0 aliphatic carbocycles. The Balaban J connectivity index is 1.78. The van der Waals surface area contributed by atoms with E-state index in [-0.39, 0.29) is 11.7 Å². The number of hydrogen-bond acceptors (Lipinski definition) is 7. The van der Waals surface area contributed by atoms with Gasteiger partial charge in [-0.3, -0.25) is 4.79 Å². The molecule has 1 aromatic rings. The lowest BCUT2D eigenvalue weighted by Gasteiger charge is -2.07. The second-order valence-electron chi connectivity index (χ2n) is 4.93. The molecule has 1 fully saturated rings. The first-order valence-corrected chi connectivity index (χ1v) is 7.87. The van der Waals surface area contributed by atoms with Crippen molar-refractivity contribution in [3.63, 3.8) is 0 Å². The average molecular weight is 314 g/mol. The van der Waals surface area contributed by atoms with Gasteiger partial charge in [0.1, 0.15) is 10.7 Å². The highest BCUT2D eigenvalue weighted by Gasteiger charge is 2.18. The zero-order valence-electron chi connectivity index (χ0n) is 12.2. The number of anilines is 2. The van der Waals surface area contributed by atoms with Crippen molar-refractivity contribution >= 4 is 28.2 Å². The fraction of sp³-hybridized carbons (Fsp3) is 0.692. The second kappa shape index (κ2) is 8.16. The van der Waals surface area contributed by atoms with E-state index in [0.717, 1.165) is 26.1 Å². The summed E-state index contributed by atoms with van der Waals surface area (Å²) in [6.45, 7) is 3.47. The van der Waals surface area contributed by atoms with E-state index >= 15 is 0 Å². The van der Waals surface area contributed by atoms with Gasteiger partial charge in [-0.1, -0.05) is 11.3 Å². The lowest BCUT2D eigenvalue weighted by molar-refractivity contribution is 0.0955. The first-order chi connectivity index (χ1) is 10.2. The molecule has 0 aromatic carbocycles. The Kier molecular flexibility index (Phi) is 6.21. The number of ether oxygens (including phenoxy) is 2. The molecule has 8 heteroatoms. The van der Waals surface area contributed by atoms with Crippen LogP contribution in [-0.2, 0) is 9.47 Å². The number of nitrogens with one attached hydrogen (secondary N) is 2. The van der Waals surface area contributed by atoms with Crippen molar-refractivity contribution in [3.05, 3.63) is 4.88 Å². The molecule has 1 saturated heterocycles. The third-order valence-corrected chi connectivity index (χ3v) is 4.33. The van der Waals surface area contributed by atoms with Gasteiger partial charge in [0.25, 0.3) is 5.91 Å². The van der Waals surface area contributed by atoms with Gasteiger partial charge in [0.15, 0.2) is 5.13 Å². The highest BCUT2D eigenvalue weighted by Crippen LogP contribution is 2.24. The molecular weight excluding hydrogens is 292 g/mol. The second-order valence-corrected chi connectivity index (χ2v) is 5.93. The fourth-order valence-electron chi connectivity index (χ4n) is 2.11. The van der Waals surface area contributed by atoms with E-state index in [1.165, 1.54) is 11.3 Å². The number of aromatic nitrogens is 1. The maximum atomic E-state index is 12.1. The Bertz CT molecular complexity index is 460. The number of rotatable bonds is 8. The van der Waals surface area contributed by atoms with Crippen LogP contribution in [0.1, 0.15) is 22.5 Å². The number of nitrogen functional groups attached to an aromatic ring is 1. The zero-order valence-corrected chi connectivity index (χ0v) is 13.0. The highest BCUT2D eigenvalue weighted by atomic mass is 32.1. The standard InChI is InChI=1S/C13H22N4O3S/c1-19-7-5-16-13-17-11(14)10(21-13)12(18)15-4-2-9-3-6-20-8-9/h9H,2-8,14H2,1H3,(H,15,18)(H,16,17). The van der Waals surface area contributed by atoms with Gasteiger partial charge in [-0.15, -0.1) is 0 Å². The van der Waals surface area contributed by atoms with Gasteiger partial charge in [0, 0.05) is 33.4 Å². The van der Waals surface area contributed by atoms with Crippen molar-refractivity contribution in [1.82, 2.24) is 10.3 Å². The van der Waals surface area contributed by atoms with Crippen molar-refractivity contribution in [2.45, 2.75) is 12.8 Å². The summed E-state index contributed by atoms with van der Waals surface area (Å²) >= 11 is 1.26. The van der Waals surface area contributed by atoms with E-state index in [2.05, 4.69) is 15.6 Å². The molecule has 1 atom stereocenters. The fourth-order valence-corrected chi connectivity index (χ4v) is 2.94. The smallest absolute Gasteiger partial charge is 0.265 e. The van der Waals surface area contributed by atoms with Crippen molar-refractivity contribution in [2.75, 3.05) is 51.1 Å². The highest BCUT2D eigenvalue weighted by molar-refractivity contribution is 7.18. The third kappa shape index (κ3) is 4.83. The van der Waals surface area contributed by atoms with Gasteiger partial charge in [-0.05, 0) is 18.8 Å². The number of thiazole rings is 1. The topological polar surface area (TPSA) is 98.5 Å². The number of amides is 1. The molecule has 1 amide bonds. The molecule has 1 aliphatic heterocycles. The molecular formula is C13H22N4O3S. The van der Waals surface area contributed by atoms with Gasteiger partial charge in [-0.2, -0.15) is 0 Å². The first-order valence-electron chi connectivity index (χ1n) is 7.05. The van der Waals surface area contributed by atoms with Crippen molar-refractivity contribution in [3.8, 4) is 0 Å². The third-order valence-electron chi connectivity index (χ3n) is 3.30. The Morgan fingerprint density at radius 1 is 1.57 bits per heavy atom. The number of nitrogens with zero attached hydrogens (tertiary/aromatic N) is 1. The summed E-state index contributed by atoms with van der Waals surface area (Å²) in [5.41, 5.74) is 5.79. The van der Waals surface area contributed by atoms with E-state index in [1.54, 1.807) is 7.11 Å². The van der Waals surface area contributed by atoms with E-state index in [0.29, 0.717) is 35.6 Å².